The third-order valence-corrected chi connectivity index (χ3v) is 2.77. The minimum absolute atomic E-state index is 0.113. The zero-order chi connectivity index (χ0) is 14.9. The molecule has 0 spiro atoms. The maximum absolute atomic E-state index is 12.4. The average molecular weight is 285 g/mol. The van der Waals surface area contributed by atoms with Crippen LogP contribution < -0.4 is 5.01 Å². The van der Waals surface area contributed by atoms with Crippen molar-refractivity contribution in [3.05, 3.63) is 23.9 Å². The third-order valence-electron chi connectivity index (χ3n) is 2.77. The number of hydrogen-bond acceptors (Lipinski definition) is 3. The van der Waals surface area contributed by atoms with Crippen molar-refractivity contribution in [2.75, 3.05) is 5.01 Å². The molecular weight excluding hydrogens is 271 g/mol. The van der Waals surface area contributed by atoms with Gasteiger partial charge in [-0.2, -0.15) is 23.3 Å². The monoisotopic (exact) mass is 285 g/mol. The summed E-state index contributed by atoms with van der Waals surface area (Å²) in [6.45, 7) is 4.01. The molecule has 1 aromatic heterocycles. The van der Waals surface area contributed by atoms with Gasteiger partial charge in [0.05, 0.1) is 12.0 Å². The van der Waals surface area contributed by atoms with Gasteiger partial charge >= 0.3 is 6.18 Å². The molecule has 7 heteroatoms. The molecule has 0 fully saturated rings. The van der Waals surface area contributed by atoms with E-state index in [1.54, 1.807) is 0 Å². The summed E-state index contributed by atoms with van der Waals surface area (Å²) in [6.07, 6.45) is -2.85. The Kier molecular flexibility index (Phi) is 3.78. The zero-order valence-corrected chi connectivity index (χ0v) is 11.1. The van der Waals surface area contributed by atoms with E-state index in [-0.39, 0.29) is 18.1 Å². The lowest BCUT2D eigenvalue weighted by atomic mass is 10.1. The maximum Gasteiger partial charge on any atom is 0.417 e. The fourth-order valence-electron chi connectivity index (χ4n) is 1.92. The summed E-state index contributed by atoms with van der Waals surface area (Å²) < 4.78 is 37.3. The molecule has 1 amide bonds. The number of carbonyl (C=O) groups excluding carboxylic acids is 1. The molecule has 0 bridgehead atoms. The van der Waals surface area contributed by atoms with Gasteiger partial charge in [0, 0.05) is 11.9 Å². The van der Waals surface area contributed by atoms with Crippen LogP contribution >= 0.6 is 0 Å². The van der Waals surface area contributed by atoms with Gasteiger partial charge in [0.2, 0.25) is 0 Å². The second-order valence-electron chi connectivity index (χ2n) is 5.05. The van der Waals surface area contributed by atoms with Gasteiger partial charge in [-0.15, -0.1) is 0 Å². The van der Waals surface area contributed by atoms with Crippen molar-refractivity contribution >= 4 is 17.4 Å². The summed E-state index contributed by atoms with van der Waals surface area (Å²) in [6, 6.07) is 2.05. The van der Waals surface area contributed by atoms with E-state index >= 15 is 0 Å². The number of anilines is 1. The van der Waals surface area contributed by atoms with E-state index in [2.05, 4.69) is 10.1 Å². The Balaban J connectivity index is 2.19. The van der Waals surface area contributed by atoms with Crippen LogP contribution in [-0.2, 0) is 11.0 Å². The van der Waals surface area contributed by atoms with Gasteiger partial charge in [-0.3, -0.25) is 4.79 Å². The fraction of sp³-hybridized carbons (Fsp3) is 0.462. The number of alkyl halides is 3. The molecule has 0 aromatic carbocycles. The first kappa shape index (κ1) is 14.5. The lowest BCUT2D eigenvalue weighted by Gasteiger charge is -2.12. The van der Waals surface area contributed by atoms with Crippen LogP contribution in [0.3, 0.4) is 0 Å². The summed E-state index contributed by atoms with van der Waals surface area (Å²) in [7, 11) is 0. The molecule has 4 nitrogen and oxygen atoms in total. The predicted molar refractivity (Wildman–Crippen MR) is 68.2 cm³/mol. The Labute approximate surface area is 114 Å². The predicted octanol–water partition coefficient (Wildman–Crippen LogP) is 3.24. The number of nitrogens with zero attached hydrogens (tertiary/aromatic N) is 3. The van der Waals surface area contributed by atoms with Crippen LogP contribution in [0, 0.1) is 5.92 Å². The summed E-state index contributed by atoms with van der Waals surface area (Å²) in [5.41, 5.74) is -0.119. The van der Waals surface area contributed by atoms with Crippen LogP contribution in [-0.4, -0.2) is 16.6 Å². The SMILES string of the molecule is CC(C)CC1=NN(c2ccc(C(F)(F)F)cn2)C(=O)C1. The molecule has 0 saturated heterocycles. The van der Waals surface area contributed by atoms with Gasteiger partial charge in [-0.25, -0.2) is 4.98 Å². The Bertz CT molecular complexity index is 535. The van der Waals surface area contributed by atoms with Crippen LogP contribution in [0.25, 0.3) is 0 Å². The summed E-state index contributed by atoms with van der Waals surface area (Å²) in [5, 5.41) is 5.20. The molecule has 0 radical (unpaired) electrons. The number of carbonyl (C=O) groups is 1. The van der Waals surface area contributed by atoms with E-state index in [0.717, 1.165) is 22.9 Å². The quantitative estimate of drug-likeness (QED) is 0.855. The molecule has 0 aliphatic carbocycles. The molecule has 2 rings (SSSR count). The van der Waals surface area contributed by atoms with Crippen molar-refractivity contribution in [2.24, 2.45) is 11.0 Å². The number of aromatic nitrogens is 1. The highest BCUT2D eigenvalue weighted by molar-refractivity contribution is 6.12. The molecule has 1 aromatic rings. The standard InChI is InChI=1S/C13H14F3N3O/c1-8(2)5-10-6-12(20)19(18-10)11-4-3-9(7-17-11)13(14,15)16/h3-4,7-8H,5-6H2,1-2H3. The molecular formula is C13H14F3N3O. The Hall–Kier alpha value is -1.92. The van der Waals surface area contributed by atoms with E-state index in [4.69, 9.17) is 0 Å². The minimum atomic E-state index is -4.44. The third kappa shape index (κ3) is 3.15. The van der Waals surface area contributed by atoms with Crippen molar-refractivity contribution in [1.29, 1.82) is 0 Å². The number of rotatable bonds is 3. The maximum atomic E-state index is 12.4. The first-order valence-electron chi connectivity index (χ1n) is 6.20. The van der Waals surface area contributed by atoms with E-state index in [0.29, 0.717) is 18.5 Å². The van der Waals surface area contributed by atoms with Gasteiger partial charge < -0.3 is 0 Å². The lowest BCUT2D eigenvalue weighted by molar-refractivity contribution is -0.137. The second-order valence-corrected chi connectivity index (χ2v) is 5.05. The Morgan fingerprint density at radius 2 is 2.05 bits per heavy atom. The van der Waals surface area contributed by atoms with Crippen LogP contribution in [0.5, 0.6) is 0 Å². The molecule has 0 unspecified atom stereocenters. The normalized spacial score (nSPS) is 16.0. The second kappa shape index (κ2) is 5.22. The van der Waals surface area contributed by atoms with E-state index in [1.807, 2.05) is 13.8 Å². The largest absolute Gasteiger partial charge is 0.417 e. The number of halogens is 3. The minimum Gasteiger partial charge on any atom is -0.272 e. The molecule has 0 saturated carbocycles. The van der Waals surface area contributed by atoms with Gasteiger partial charge in [0.25, 0.3) is 5.91 Å². The van der Waals surface area contributed by atoms with Crippen molar-refractivity contribution in [3.8, 4) is 0 Å². The van der Waals surface area contributed by atoms with Crippen molar-refractivity contribution in [3.63, 3.8) is 0 Å². The molecule has 0 N–H and O–H groups in total. The number of pyridine rings is 1. The fourth-order valence-corrected chi connectivity index (χ4v) is 1.92. The van der Waals surface area contributed by atoms with Crippen LogP contribution in [0.1, 0.15) is 32.3 Å². The van der Waals surface area contributed by atoms with Crippen molar-refractivity contribution < 1.29 is 18.0 Å². The van der Waals surface area contributed by atoms with Crippen LogP contribution in [0.2, 0.25) is 0 Å². The first-order chi connectivity index (χ1) is 9.27. The van der Waals surface area contributed by atoms with Crippen molar-refractivity contribution in [2.45, 2.75) is 32.9 Å². The Morgan fingerprint density at radius 1 is 1.35 bits per heavy atom. The topological polar surface area (TPSA) is 45.6 Å². The van der Waals surface area contributed by atoms with Gasteiger partial charge in [-0.05, 0) is 24.5 Å². The van der Waals surface area contributed by atoms with E-state index in [9.17, 15) is 18.0 Å². The summed E-state index contributed by atoms with van der Waals surface area (Å²) in [4.78, 5) is 15.5. The lowest BCUT2D eigenvalue weighted by Crippen LogP contribution is -2.21. The van der Waals surface area contributed by atoms with E-state index < -0.39 is 11.7 Å². The highest BCUT2D eigenvalue weighted by Crippen LogP contribution is 2.30. The van der Waals surface area contributed by atoms with Crippen LogP contribution in [0.4, 0.5) is 19.0 Å². The highest BCUT2D eigenvalue weighted by atomic mass is 19.4. The molecule has 2 heterocycles. The van der Waals surface area contributed by atoms with Gasteiger partial charge in [0.15, 0.2) is 5.82 Å². The molecule has 0 atom stereocenters. The number of hydrazone groups is 1. The number of hydrogen-bond donors (Lipinski definition) is 0. The Morgan fingerprint density at radius 3 is 2.55 bits per heavy atom. The van der Waals surface area contributed by atoms with Gasteiger partial charge in [0.1, 0.15) is 0 Å². The first-order valence-corrected chi connectivity index (χ1v) is 6.20. The highest BCUT2D eigenvalue weighted by Gasteiger charge is 2.32. The van der Waals surface area contributed by atoms with Crippen LogP contribution in [0.15, 0.2) is 23.4 Å². The van der Waals surface area contributed by atoms with E-state index in [1.165, 1.54) is 0 Å². The van der Waals surface area contributed by atoms with Gasteiger partial charge in [-0.1, -0.05) is 13.8 Å². The zero-order valence-electron chi connectivity index (χ0n) is 11.1. The summed E-state index contributed by atoms with van der Waals surface area (Å²) in [5.74, 6) is 0.205. The molecule has 108 valence electrons. The summed E-state index contributed by atoms with van der Waals surface area (Å²) >= 11 is 0. The molecule has 1 aliphatic rings. The smallest absolute Gasteiger partial charge is 0.272 e. The molecule has 1 aliphatic heterocycles. The van der Waals surface area contributed by atoms with Crippen molar-refractivity contribution in [1.82, 2.24) is 4.98 Å². The average Bonchev–Trinajstić information content (AvgIpc) is 2.68. The molecule has 20 heavy (non-hydrogen) atoms. The number of amides is 1.